The van der Waals surface area contributed by atoms with Gasteiger partial charge in [0.2, 0.25) is 16.0 Å². The number of anilines is 1. The van der Waals surface area contributed by atoms with Gasteiger partial charge in [0.25, 0.3) is 11.5 Å². The Labute approximate surface area is 254 Å². The van der Waals surface area contributed by atoms with E-state index in [0.29, 0.717) is 36.8 Å². The Morgan fingerprint density at radius 2 is 1.73 bits per heavy atom. The number of esters is 1. The van der Waals surface area contributed by atoms with Crippen LogP contribution in [0.1, 0.15) is 37.6 Å². The number of hydrogen-bond acceptors (Lipinski definition) is 10. The molecule has 4 rings (SSSR count). The third-order valence-corrected chi connectivity index (χ3v) is 7.47. The molecule has 0 unspecified atom stereocenters. The molecule has 13 nitrogen and oxygen atoms in total. The van der Waals surface area contributed by atoms with Crippen molar-refractivity contribution in [1.29, 1.82) is 0 Å². The van der Waals surface area contributed by atoms with Crippen LogP contribution in [-0.2, 0) is 19.6 Å². The average molecular weight is 623 g/mol. The zero-order chi connectivity index (χ0) is 31.7. The highest BCUT2D eigenvalue weighted by atomic mass is 32.2. The first-order valence-electron chi connectivity index (χ1n) is 13.8. The summed E-state index contributed by atoms with van der Waals surface area (Å²) in [5.74, 6) is -0.544. The van der Waals surface area contributed by atoms with Gasteiger partial charge in [-0.15, -0.1) is 0 Å². The van der Waals surface area contributed by atoms with Gasteiger partial charge in [-0.2, -0.15) is 4.72 Å². The fourth-order valence-electron chi connectivity index (χ4n) is 3.97. The summed E-state index contributed by atoms with van der Waals surface area (Å²) in [5.41, 5.74) is -0.909. The molecule has 0 aliphatic carbocycles. The smallest absolute Gasteiger partial charge is 0.326 e. The summed E-state index contributed by atoms with van der Waals surface area (Å²) in [6.07, 6.45) is 5.48. The molecule has 0 bridgehead atoms. The van der Waals surface area contributed by atoms with Gasteiger partial charge >= 0.3 is 5.97 Å². The number of nitrogens with zero attached hydrogens (tertiary/aromatic N) is 3. The highest BCUT2D eigenvalue weighted by Gasteiger charge is 2.30. The van der Waals surface area contributed by atoms with E-state index in [1.165, 1.54) is 28.8 Å². The van der Waals surface area contributed by atoms with Crippen molar-refractivity contribution in [1.82, 2.24) is 24.4 Å². The number of amides is 1. The van der Waals surface area contributed by atoms with Crippen LogP contribution < -0.4 is 25.7 Å². The number of ether oxygens (including phenoxy) is 2. The fraction of sp³-hybridized carbons (Fsp3) is 0.300. The van der Waals surface area contributed by atoms with Crippen molar-refractivity contribution in [3.63, 3.8) is 0 Å². The average Bonchev–Trinajstić information content (AvgIpc) is 2.99. The van der Waals surface area contributed by atoms with Gasteiger partial charge in [-0.3, -0.25) is 18.8 Å². The number of carbonyl (C=O) groups is 2. The van der Waals surface area contributed by atoms with Gasteiger partial charge in [-0.1, -0.05) is 18.2 Å². The van der Waals surface area contributed by atoms with Gasteiger partial charge in [-0.25, -0.2) is 18.4 Å². The summed E-state index contributed by atoms with van der Waals surface area (Å²) < 4.78 is 40.6. The number of benzene rings is 1. The Hall–Kier alpha value is -4.82. The molecule has 14 heteroatoms. The predicted molar refractivity (Wildman–Crippen MR) is 163 cm³/mol. The molecule has 3 heterocycles. The summed E-state index contributed by atoms with van der Waals surface area (Å²) >= 11 is 0. The minimum Gasteiger partial charge on any atom is -0.492 e. The summed E-state index contributed by atoms with van der Waals surface area (Å²) in [5, 5.41) is 5.62. The lowest BCUT2D eigenvalue weighted by molar-refractivity contribution is -0.156. The van der Waals surface area contributed by atoms with Crippen LogP contribution in [-0.4, -0.2) is 66.0 Å². The molecule has 3 aromatic heterocycles. The molecule has 232 valence electrons. The second-order valence-corrected chi connectivity index (χ2v) is 12.4. The highest BCUT2D eigenvalue weighted by Crippen LogP contribution is 2.15. The molecule has 0 saturated heterocycles. The highest BCUT2D eigenvalue weighted by molar-refractivity contribution is 7.89. The van der Waals surface area contributed by atoms with Crippen molar-refractivity contribution in [2.24, 2.45) is 0 Å². The number of nitrogens with one attached hydrogen (secondary N) is 3. The van der Waals surface area contributed by atoms with Gasteiger partial charge in [0, 0.05) is 42.6 Å². The maximum atomic E-state index is 13.0. The van der Waals surface area contributed by atoms with E-state index >= 15 is 0 Å². The third-order valence-electron chi connectivity index (χ3n) is 5.98. The number of pyridine rings is 2. The first-order valence-corrected chi connectivity index (χ1v) is 15.3. The Morgan fingerprint density at radius 3 is 2.43 bits per heavy atom. The van der Waals surface area contributed by atoms with Crippen molar-refractivity contribution >= 4 is 33.4 Å². The second kappa shape index (κ2) is 14.1. The zero-order valence-corrected chi connectivity index (χ0v) is 25.3. The number of fused-ring (bicyclic) bond motifs is 1. The number of carbonyl (C=O) groups excluding carboxylic acids is 2. The second-order valence-electron chi connectivity index (χ2n) is 10.7. The molecule has 1 amide bonds. The maximum absolute atomic E-state index is 13.0. The minimum atomic E-state index is -4.11. The van der Waals surface area contributed by atoms with Gasteiger partial charge in [0.05, 0.1) is 17.7 Å². The third kappa shape index (κ3) is 9.09. The number of sulfonamides is 1. The zero-order valence-electron chi connectivity index (χ0n) is 24.5. The van der Waals surface area contributed by atoms with Crippen LogP contribution in [0.3, 0.4) is 0 Å². The lowest BCUT2D eigenvalue weighted by Gasteiger charge is -2.24. The lowest BCUT2D eigenvalue weighted by atomic mass is 10.2. The molecular formula is C30H34N6O7S. The van der Waals surface area contributed by atoms with Crippen molar-refractivity contribution in [3.8, 4) is 5.75 Å². The van der Waals surface area contributed by atoms with E-state index in [-0.39, 0.29) is 10.5 Å². The van der Waals surface area contributed by atoms with Gasteiger partial charge in [-0.05, 0) is 63.6 Å². The number of hydrogen-bond donors (Lipinski definition) is 3. The Kier molecular flexibility index (Phi) is 10.3. The van der Waals surface area contributed by atoms with E-state index in [1.54, 1.807) is 69.6 Å². The first kappa shape index (κ1) is 32.1. The first-order chi connectivity index (χ1) is 20.9. The Bertz CT molecular complexity index is 1760. The number of rotatable bonds is 13. The normalized spacial score (nSPS) is 12.3. The van der Waals surface area contributed by atoms with Crippen LogP contribution in [0.15, 0.2) is 88.9 Å². The van der Waals surface area contributed by atoms with E-state index in [9.17, 15) is 22.8 Å². The molecule has 1 aromatic carbocycles. The quantitative estimate of drug-likeness (QED) is 0.149. The molecule has 44 heavy (non-hydrogen) atoms. The minimum absolute atomic E-state index is 0.0340. The Balaban J connectivity index is 1.40. The fourth-order valence-corrected chi connectivity index (χ4v) is 5.18. The molecule has 0 saturated carbocycles. The summed E-state index contributed by atoms with van der Waals surface area (Å²) in [6, 6.07) is 13.8. The topological polar surface area (TPSA) is 170 Å². The largest absolute Gasteiger partial charge is 0.492 e. The van der Waals surface area contributed by atoms with Crippen molar-refractivity contribution < 1.29 is 27.5 Å². The molecule has 0 radical (unpaired) electrons. The molecule has 4 aromatic rings. The van der Waals surface area contributed by atoms with E-state index < -0.39 is 45.6 Å². The van der Waals surface area contributed by atoms with Crippen LogP contribution in [0.2, 0.25) is 0 Å². The van der Waals surface area contributed by atoms with Gasteiger partial charge in [0.1, 0.15) is 17.4 Å². The van der Waals surface area contributed by atoms with E-state index in [0.717, 1.165) is 6.07 Å². The monoisotopic (exact) mass is 622 g/mol. The maximum Gasteiger partial charge on any atom is 0.326 e. The number of aromatic nitrogens is 3. The molecule has 0 spiro atoms. The predicted octanol–water partition coefficient (Wildman–Crippen LogP) is 2.39. The van der Waals surface area contributed by atoms with E-state index in [2.05, 4.69) is 25.3 Å². The van der Waals surface area contributed by atoms with Crippen molar-refractivity contribution in [2.45, 2.75) is 43.7 Å². The standard InChI is InChI=1S/C30H34N6O7S/c1-30(2,3)43-28(39)25(35-44(40,41)24-9-5-4-6-10-24)19-34-27(38)21-17-22-11-12-23(20-36(22)26(37)18-21)42-16-8-15-33-29-31-13-7-14-32-29/h4-7,9-14,17-18,20,25,35H,8,15-16,19H2,1-3H3,(H,34,38)(H,31,32,33)/t25-/m0/s1. The molecule has 0 fully saturated rings. The summed E-state index contributed by atoms with van der Waals surface area (Å²) in [6.45, 7) is 5.49. The Morgan fingerprint density at radius 1 is 1.00 bits per heavy atom. The van der Waals surface area contributed by atoms with Crippen LogP contribution in [0, 0.1) is 0 Å². The molecule has 0 aliphatic rings. The molecule has 1 atom stereocenters. The van der Waals surface area contributed by atoms with Crippen LogP contribution in [0.25, 0.3) is 5.52 Å². The summed E-state index contributed by atoms with van der Waals surface area (Å²) in [4.78, 5) is 46.9. The van der Waals surface area contributed by atoms with E-state index in [1.807, 2.05) is 0 Å². The van der Waals surface area contributed by atoms with Gasteiger partial charge in [0.15, 0.2) is 0 Å². The SMILES string of the molecule is CC(C)(C)OC(=O)[C@H](CNC(=O)c1cc(=O)n2cc(OCCCNc3ncccn3)ccc2c1)NS(=O)(=O)c1ccccc1. The van der Waals surface area contributed by atoms with Crippen molar-refractivity contribution in [3.05, 3.63) is 95.2 Å². The van der Waals surface area contributed by atoms with Crippen molar-refractivity contribution in [2.75, 3.05) is 25.0 Å². The van der Waals surface area contributed by atoms with E-state index in [4.69, 9.17) is 9.47 Å². The molecule has 0 aliphatic heterocycles. The lowest BCUT2D eigenvalue weighted by Crippen LogP contribution is -2.50. The molecule has 3 N–H and O–H groups in total. The summed E-state index contributed by atoms with van der Waals surface area (Å²) in [7, 11) is -4.11. The van der Waals surface area contributed by atoms with Crippen LogP contribution in [0.4, 0.5) is 5.95 Å². The van der Waals surface area contributed by atoms with Crippen LogP contribution >= 0.6 is 0 Å². The van der Waals surface area contributed by atoms with Gasteiger partial charge < -0.3 is 20.1 Å². The molecular weight excluding hydrogens is 588 g/mol. The van der Waals surface area contributed by atoms with Crippen LogP contribution in [0.5, 0.6) is 5.75 Å².